The smallest absolute Gasteiger partial charge is 0.315 e. The molecule has 0 saturated carbocycles. The molecule has 2 aliphatic rings. The molecule has 0 aliphatic carbocycles. The number of nitrogens with one attached hydrogen (secondary N) is 3. The van der Waals surface area contributed by atoms with E-state index in [1.54, 1.807) is 6.92 Å². The maximum absolute atomic E-state index is 13.1. The minimum Gasteiger partial charge on any atom is -0.381 e. The van der Waals surface area contributed by atoms with Gasteiger partial charge in [-0.05, 0) is 60.6 Å². The summed E-state index contributed by atoms with van der Waals surface area (Å²) >= 11 is 0. The van der Waals surface area contributed by atoms with E-state index in [1.165, 1.54) is 5.56 Å². The van der Waals surface area contributed by atoms with Gasteiger partial charge >= 0.3 is 6.03 Å². The molecule has 0 bridgehead atoms. The molecule has 2 fully saturated rings. The molecular formula is C37H48N8O3. The Bertz CT molecular complexity index is 1720. The van der Waals surface area contributed by atoms with Crippen LogP contribution >= 0.6 is 0 Å². The summed E-state index contributed by atoms with van der Waals surface area (Å²) in [5, 5.41) is 15.5. The van der Waals surface area contributed by atoms with Crippen molar-refractivity contribution in [1.29, 1.82) is 0 Å². The van der Waals surface area contributed by atoms with E-state index in [9.17, 15) is 9.59 Å². The van der Waals surface area contributed by atoms with Crippen LogP contribution in [-0.2, 0) is 42.1 Å². The van der Waals surface area contributed by atoms with Crippen molar-refractivity contribution in [2.45, 2.75) is 72.3 Å². The summed E-state index contributed by atoms with van der Waals surface area (Å²) in [6.07, 6.45) is 4.50. The van der Waals surface area contributed by atoms with Crippen molar-refractivity contribution in [3.63, 3.8) is 0 Å². The molecule has 6 rings (SSSR count). The first-order valence-corrected chi connectivity index (χ1v) is 17.3. The largest absolute Gasteiger partial charge is 0.381 e. The highest BCUT2D eigenvalue weighted by Gasteiger charge is 2.22. The fourth-order valence-electron chi connectivity index (χ4n) is 6.70. The quantitative estimate of drug-likeness (QED) is 0.210. The van der Waals surface area contributed by atoms with E-state index in [0.29, 0.717) is 19.1 Å². The van der Waals surface area contributed by atoms with Gasteiger partial charge in [0.05, 0.1) is 17.3 Å². The lowest BCUT2D eigenvalue weighted by Gasteiger charge is -2.34. The molecule has 11 heteroatoms. The summed E-state index contributed by atoms with van der Waals surface area (Å²) in [5.74, 6) is 0.150. The van der Waals surface area contributed by atoms with E-state index >= 15 is 0 Å². The van der Waals surface area contributed by atoms with Crippen molar-refractivity contribution in [2.24, 2.45) is 0 Å². The molecule has 4 heterocycles. The number of pyridine rings is 1. The van der Waals surface area contributed by atoms with Crippen molar-refractivity contribution >= 4 is 28.7 Å². The number of aromatic nitrogens is 3. The maximum Gasteiger partial charge on any atom is 0.315 e. The second-order valence-electron chi connectivity index (χ2n) is 12.7. The molecule has 2 aromatic carbocycles. The summed E-state index contributed by atoms with van der Waals surface area (Å²) < 4.78 is 7.52. The van der Waals surface area contributed by atoms with Crippen molar-refractivity contribution in [3.05, 3.63) is 77.1 Å². The number of piperazine rings is 1. The van der Waals surface area contributed by atoms with E-state index in [0.717, 1.165) is 116 Å². The fraction of sp³-hybridized carbons (Fsp3) is 0.459. The third kappa shape index (κ3) is 7.96. The highest BCUT2D eigenvalue weighted by atomic mass is 16.5. The van der Waals surface area contributed by atoms with Gasteiger partial charge in [0.1, 0.15) is 0 Å². The summed E-state index contributed by atoms with van der Waals surface area (Å²) in [4.78, 5) is 34.1. The number of fused-ring (bicyclic) bond motifs is 1. The van der Waals surface area contributed by atoms with Gasteiger partial charge in [-0.1, -0.05) is 43.3 Å². The molecule has 2 aliphatic heterocycles. The molecule has 254 valence electrons. The number of rotatable bonds is 11. The van der Waals surface area contributed by atoms with E-state index in [1.807, 2.05) is 27.9 Å². The minimum atomic E-state index is -0.226. The molecule has 48 heavy (non-hydrogen) atoms. The van der Waals surface area contributed by atoms with Crippen molar-refractivity contribution < 1.29 is 14.3 Å². The zero-order valence-electron chi connectivity index (χ0n) is 28.4. The van der Waals surface area contributed by atoms with Gasteiger partial charge in [-0.2, -0.15) is 5.10 Å². The standard InChI is InChI=1S/C37H48N8O3/c1-4-34-32(35(41-31-12-18-48-19-13-31)33-24-40-45(5-2)36(33)42-34)23-39-37(47)38-22-27-8-6-10-29(20-27)30-11-7-9-28(21-30)25-43-14-16-44(17-15-43)26(3)46/h6-11,20-21,24,31H,4-5,12-19,22-23,25H2,1-3H3,(H,41,42)(H2,38,39,47). The van der Waals surface area contributed by atoms with Crippen LogP contribution in [0.5, 0.6) is 0 Å². The molecule has 3 amide bonds. The van der Waals surface area contributed by atoms with Crippen LogP contribution in [0, 0.1) is 0 Å². The molecule has 0 atom stereocenters. The lowest BCUT2D eigenvalue weighted by molar-refractivity contribution is -0.130. The highest BCUT2D eigenvalue weighted by molar-refractivity contribution is 5.92. The first-order chi connectivity index (χ1) is 23.4. The van der Waals surface area contributed by atoms with Crippen molar-refractivity contribution in [2.75, 3.05) is 44.7 Å². The summed E-state index contributed by atoms with van der Waals surface area (Å²) in [7, 11) is 0. The summed E-state index contributed by atoms with van der Waals surface area (Å²) in [6, 6.07) is 17.0. The predicted octanol–water partition coefficient (Wildman–Crippen LogP) is 4.94. The molecule has 2 aromatic heterocycles. The Morgan fingerprint density at radius 3 is 2.29 bits per heavy atom. The van der Waals surface area contributed by atoms with Crippen LogP contribution in [0.15, 0.2) is 54.7 Å². The summed E-state index contributed by atoms with van der Waals surface area (Å²) in [5.41, 5.74) is 8.38. The second kappa shape index (κ2) is 15.6. The van der Waals surface area contributed by atoms with Crippen LogP contribution in [0.4, 0.5) is 10.5 Å². The third-order valence-electron chi connectivity index (χ3n) is 9.47. The lowest BCUT2D eigenvalue weighted by atomic mass is 10.0. The van der Waals surface area contributed by atoms with Crippen LogP contribution < -0.4 is 16.0 Å². The van der Waals surface area contributed by atoms with E-state index < -0.39 is 0 Å². The monoisotopic (exact) mass is 652 g/mol. The number of ether oxygens (including phenoxy) is 1. The Kier molecular flexibility index (Phi) is 10.9. The Labute approximate surface area is 283 Å². The fourth-order valence-corrected chi connectivity index (χ4v) is 6.70. The molecule has 0 spiro atoms. The van der Waals surface area contributed by atoms with E-state index in [-0.39, 0.29) is 11.9 Å². The SMILES string of the molecule is CCc1nc2c(cnn2CC)c(NC2CCOCC2)c1CNC(=O)NCc1cccc(-c2cccc(CN3CCN(C(C)=O)CC3)c2)c1. The number of carbonyl (C=O) groups excluding carboxylic acids is 2. The van der Waals surface area contributed by atoms with Crippen LogP contribution in [0.2, 0.25) is 0 Å². The number of aryl methyl sites for hydroxylation is 2. The lowest BCUT2D eigenvalue weighted by Crippen LogP contribution is -2.47. The van der Waals surface area contributed by atoms with Gasteiger partial charge < -0.3 is 25.6 Å². The van der Waals surface area contributed by atoms with Gasteiger partial charge in [0.2, 0.25) is 5.91 Å². The van der Waals surface area contributed by atoms with Gasteiger partial charge in [0.15, 0.2) is 5.65 Å². The number of urea groups is 1. The van der Waals surface area contributed by atoms with Gasteiger partial charge in [-0.3, -0.25) is 9.69 Å². The highest BCUT2D eigenvalue weighted by Crippen LogP contribution is 2.31. The molecule has 4 aromatic rings. The number of anilines is 1. The normalized spacial score (nSPS) is 15.9. The molecule has 0 radical (unpaired) electrons. The van der Waals surface area contributed by atoms with Crippen LogP contribution in [0.1, 0.15) is 56.0 Å². The second-order valence-corrected chi connectivity index (χ2v) is 12.7. The van der Waals surface area contributed by atoms with Gasteiger partial charge in [-0.25, -0.2) is 14.5 Å². The van der Waals surface area contributed by atoms with Gasteiger partial charge in [-0.15, -0.1) is 0 Å². The van der Waals surface area contributed by atoms with Crippen LogP contribution in [0.3, 0.4) is 0 Å². The number of amides is 3. The zero-order valence-corrected chi connectivity index (χ0v) is 28.4. The molecular weight excluding hydrogens is 604 g/mol. The number of carbonyl (C=O) groups is 2. The predicted molar refractivity (Wildman–Crippen MR) is 189 cm³/mol. The topological polar surface area (TPSA) is 117 Å². The molecule has 11 nitrogen and oxygen atoms in total. The number of hydrogen-bond donors (Lipinski definition) is 3. The van der Waals surface area contributed by atoms with Crippen LogP contribution in [0.25, 0.3) is 22.2 Å². The van der Waals surface area contributed by atoms with Gasteiger partial charge in [0, 0.05) is 89.8 Å². The van der Waals surface area contributed by atoms with Gasteiger partial charge in [0.25, 0.3) is 0 Å². The molecule has 2 saturated heterocycles. The number of hydrogen-bond acceptors (Lipinski definition) is 7. The Morgan fingerprint density at radius 1 is 0.917 bits per heavy atom. The van der Waals surface area contributed by atoms with E-state index in [2.05, 4.69) is 76.2 Å². The Hall–Kier alpha value is -4.48. The summed E-state index contributed by atoms with van der Waals surface area (Å²) in [6.45, 7) is 13.0. The third-order valence-corrected chi connectivity index (χ3v) is 9.47. The Balaban J connectivity index is 1.09. The maximum atomic E-state index is 13.1. The Morgan fingerprint density at radius 2 is 1.60 bits per heavy atom. The van der Waals surface area contributed by atoms with E-state index in [4.69, 9.17) is 9.72 Å². The van der Waals surface area contributed by atoms with Crippen molar-refractivity contribution in [1.82, 2.24) is 35.2 Å². The first-order valence-electron chi connectivity index (χ1n) is 17.3. The number of nitrogens with zero attached hydrogens (tertiary/aromatic N) is 5. The average molecular weight is 653 g/mol. The zero-order chi connectivity index (χ0) is 33.5. The molecule has 0 unspecified atom stereocenters. The number of benzene rings is 2. The average Bonchev–Trinajstić information content (AvgIpc) is 3.54. The minimum absolute atomic E-state index is 0.150. The van der Waals surface area contributed by atoms with Crippen LogP contribution in [-0.4, -0.2) is 81.9 Å². The van der Waals surface area contributed by atoms with Crippen molar-refractivity contribution in [3.8, 4) is 11.1 Å². The first kappa shape index (κ1) is 33.4. The molecule has 3 N–H and O–H groups in total.